The summed E-state index contributed by atoms with van der Waals surface area (Å²) in [6, 6.07) is 7.24. The maximum atomic E-state index is 8.68. The number of aryl methyl sites for hydroxylation is 1. The first-order chi connectivity index (χ1) is 7.79. The van der Waals surface area contributed by atoms with Crippen LogP contribution in [0.5, 0.6) is 0 Å². The van der Waals surface area contributed by atoms with E-state index in [9.17, 15) is 0 Å². The highest BCUT2D eigenvalue weighted by Gasteiger charge is 2.08. The molecule has 16 heavy (non-hydrogen) atoms. The molecule has 0 aliphatic carbocycles. The van der Waals surface area contributed by atoms with E-state index < -0.39 is 0 Å². The van der Waals surface area contributed by atoms with Gasteiger partial charge >= 0.3 is 0 Å². The van der Waals surface area contributed by atoms with Crippen molar-refractivity contribution in [3.63, 3.8) is 0 Å². The van der Waals surface area contributed by atoms with Gasteiger partial charge in [-0.25, -0.2) is 0 Å². The van der Waals surface area contributed by atoms with Crippen molar-refractivity contribution in [2.45, 2.75) is 12.8 Å². The Bertz CT molecular complexity index is 471. The van der Waals surface area contributed by atoms with E-state index in [0.29, 0.717) is 29.6 Å². The highest BCUT2D eigenvalue weighted by molar-refractivity contribution is 6.30. The fourth-order valence-corrected chi connectivity index (χ4v) is 1.51. The van der Waals surface area contributed by atoms with Crippen LogP contribution in [0.15, 0.2) is 28.7 Å². The van der Waals surface area contributed by atoms with Crippen LogP contribution in [0, 0.1) is 0 Å². The van der Waals surface area contributed by atoms with Crippen molar-refractivity contribution in [1.82, 2.24) is 10.2 Å². The Labute approximate surface area is 97.9 Å². The minimum Gasteiger partial charge on any atom is -0.421 e. The van der Waals surface area contributed by atoms with E-state index in [-0.39, 0.29) is 6.61 Å². The zero-order chi connectivity index (χ0) is 11.4. The zero-order valence-corrected chi connectivity index (χ0v) is 9.31. The van der Waals surface area contributed by atoms with Crippen molar-refractivity contribution in [2.75, 3.05) is 6.61 Å². The molecule has 0 bridgehead atoms. The predicted molar refractivity (Wildman–Crippen MR) is 60.2 cm³/mol. The second-order valence-electron chi connectivity index (χ2n) is 3.34. The summed E-state index contributed by atoms with van der Waals surface area (Å²) >= 11 is 5.86. The summed E-state index contributed by atoms with van der Waals surface area (Å²) in [6.45, 7) is 0.120. The summed E-state index contributed by atoms with van der Waals surface area (Å²) in [5.41, 5.74) is 0.801. The first-order valence-corrected chi connectivity index (χ1v) is 5.36. The number of aromatic nitrogens is 2. The van der Waals surface area contributed by atoms with Gasteiger partial charge in [0.05, 0.1) is 0 Å². The number of nitrogens with zero attached hydrogens (tertiary/aromatic N) is 2. The molecule has 0 unspecified atom stereocenters. The van der Waals surface area contributed by atoms with Gasteiger partial charge in [0.15, 0.2) is 0 Å². The van der Waals surface area contributed by atoms with Crippen molar-refractivity contribution in [3.05, 3.63) is 35.2 Å². The molecule has 84 valence electrons. The Morgan fingerprint density at radius 3 is 2.94 bits per heavy atom. The first-order valence-electron chi connectivity index (χ1n) is 4.99. The Hall–Kier alpha value is -1.39. The molecule has 1 heterocycles. The molecule has 0 saturated heterocycles. The van der Waals surface area contributed by atoms with Crippen LogP contribution in [0.1, 0.15) is 12.3 Å². The van der Waals surface area contributed by atoms with Gasteiger partial charge in [-0.1, -0.05) is 17.7 Å². The Kier molecular flexibility index (Phi) is 3.54. The van der Waals surface area contributed by atoms with Crippen LogP contribution in [-0.2, 0) is 6.42 Å². The second-order valence-corrected chi connectivity index (χ2v) is 3.77. The van der Waals surface area contributed by atoms with Gasteiger partial charge in [-0.05, 0) is 24.6 Å². The number of rotatable bonds is 4. The topological polar surface area (TPSA) is 59.2 Å². The quantitative estimate of drug-likeness (QED) is 0.888. The summed E-state index contributed by atoms with van der Waals surface area (Å²) in [6.07, 6.45) is 1.21. The zero-order valence-electron chi connectivity index (χ0n) is 8.56. The van der Waals surface area contributed by atoms with Gasteiger partial charge in [0.2, 0.25) is 11.8 Å². The van der Waals surface area contributed by atoms with Crippen LogP contribution < -0.4 is 0 Å². The van der Waals surface area contributed by atoms with Crippen molar-refractivity contribution in [3.8, 4) is 11.5 Å². The molecule has 4 nitrogen and oxygen atoms in total. The third kappa shape index (κ3) is 2.59. The van der Waals surface area contributed by atoms with Gasteiger partial charge in [-0.3, -0.25) is 0 Å². The predicted octanol–water partition coefficient (Wildman–Crippen LogP) is 2.31. The van der Waals surface area contributed by atoms with E-state index >= 15 is 0 Å². The molecular formula is C11H11ClN2O2. The monoisotopic (exact) mass is 238 g/mol. The average molecular weight is 239 g/mol. The molecule has 1 aromatic carbocycles. The maximum Gasteiger partial charge on any atom is 0.247 e. The number of aliphatic hydroxyl groups excluding tert-OH is 1. The third-order valence-electron chi connectivity index (χ3n) is 2.09. The number of aliphatic hydroxyl groups is 1. The molecular weight excluding hydrogens is 228 g/mol. The molecule has 0 atom stereocenters. The van der Waals surface area contributed by atoms with Crippen molar-refractivity contribution in [1.29, 1.82) is 0 Å². The van der Waals surface area contributed by atoms with Crippen molar-refractivity contribution >= 4 is 11.6 Å². The van der Waals surface area contributed by atoms with E-state index in [2.05, 4.69) is 10.2 Å². The largest absolute Gasteiger partial charge is 0.421 e. The first kappa shape index (κ1) is 11.1. The summed E-state index contributed by atoms with van der Waals surface area (Å²) < 4.78 is 5.43. The van der Waals surface area contributed by atoms with E-state index in [4.69, 9.17) is 21.1 Å². The van der Waals surface area contributed by atoms with Gasteiger partial charge in [-0.2, -0.15) is 0 Å². The lowest BCUT2D eigenvalue weighted by Crippen LogP contribution is -1.88. The maximum absolute atomic E-state index is 8.68. The van der Waals surface area contributed by atoms with Gasteiger partial charge in [0, 0.05) is 23.6 Å². The average Bonchev–Trinajstić information content (AvgIpc) is 2.75. The van der Waals surface area contributed by atoms with Crippen LogP contribution in [-0.4, -0.2) is 21.9 Å². The summed E-state index contributed by atoms with van der Waals surface area (Å²) in [5, 5.41) is 17.1. The third-order valence-corrected chi connectivity index (χ3v) is 2.32. The summed E-state index contributed by atoms with van der Waals surface area (Å²) in [5.74, 6) is 0.986. The van der Waals surface area contributed by atoms with Crippen LogP contribution in [0.25, 0.3) is 11.5 Å². The van der Waals surface area contributed by atoms with E-state index in [1.807, 2.05) is 12.1 Å². The summed E-state index contributed by atoms with van der Waals surface area (Å²) in [4.78, 5) is 0. The molecule has 5 heteroatoms. The SMILES string of the molecule is OCCCc1nnc(-c2cccc(Cl)c2)o1. The number of benzene rings is 1. The van der Waals surface area contributed by atoms with Crippen LogP contribution in [0.2, 0.25) is 5.02 Å². The fourth-order valence-electron chi connectivity index (χ4n) is 1.32. The molecule has 0 radical (unpaired) electrons. The van der Waals surface area contributed by atoms with Crippen LogP contribution in [0.4, 0.5) is 0 Å². The normalized spacial score (nSPS) is 10.6. The van der Waals surface area contributed by atoms with Crippen molar-refractivity contribution in [2.24, 2.45) is 0 Å². The molecule has 0 spiro atoms. The molecule has 0 amide bonds. The molecule has 2 aromatic rings. The lowest BCUT2D eigenvalue weighted by Gasteiger charge is -1.94. The minimum absolute atomic E-state index is 0.120. The number of halogens is 1. The number of hydrogen-bond donors (Lipinski definition) is 1. The van der Waals surface area contributed by atoms with Gasteiger partial charge in [-0.15, -0.1) is 10.2 Å². The minimum atomic E-state index is 0.120. The lowest BCUT2D eigenvalue weighted by atomic mass is 10.2. The van der Waals surface area contributed by atoms with E-state index in [0.717, 1.165) is 5.56 Å². The lowest BCUT2D eigenvalue weighted by molar-refractivity contribution is 0.283. The summed E-state index contributed by atoms with van der Waals surface area (Å²) in [7, 11) is 0. The van der Waals surface area contributed by atoms with Gasteiger partial charge in [0.1, 0.15) is 0 Å². The van der Waals surface area contributed by atoms with E-state index in [1.165, 1.54) is 0 Å². The van der Waals surface area contributed by atoms with Crippen LogP contribution >= 0.6 is 11.6 Å². The molecule has 2 rings (SSSR count). The van der Waals surface area contributed by atoms with Gasteiger partial charge in [0.25, 0.3) is 0 Å². The van der Waals surface area contributed by atoms with Crippen molar-refractivity contribution < 1.29 is 9.52 Å². The highest BCUT2D eigenvalue weighted by Crippen LogP contribution is 2.21. The Morgan fingerprint density at radius 1 is 1.31 bits per heavy atom. The molecule has 1 N–H and O–H groups in total. The molecule has 0 fully saturated rings. The van der Waals surface area contributed by atoms with Crippen LogP contribution in [0.3, 0.4) is 0 Å². The van der Waals surface area contributed by atoms with E-state index in [1.54, 1.807) is 12.1 Å². The molecule has 0 saturated carbocycles. The smallest absolute Gasteiger partial charge is 0.247 e. The Balaban J connectivity index is 2.18. The standard InChI is InChI=1S/C11H11ClN2O2/c12-9-4-1-3-8(7-9)11-14-13-10(16-11)5-2-6-15/h1,3-4,7,15H,2,5-6H2. The second kappa shape index (κ2) is 5.09. The Morgan fingerprint density at radius 2 is 2.19 bits per heavy atom. The molecule has 0 aliphatic rings. The highest BCUT2D eigenvalue weighted by atomic mass is 35.5. The molecule has 0 aliphatic heterocycles. The van der Waals surface area contributed by atoms with Gasteiger partial charge < -0.3 is 9.52 Å². The fraction of sp³-hybridized carbons (Fsp3) is 0.273. The number of hydrogen-bond acceptors (Lipinski definition) is 4. The molecule has 1 aromatic heterocycles.